The SMILES string of the molecule is CC(C)n1ncc(N(C)C2CCCCC2CN)c(Cl)c1=O. The average molecular weight is 313 g/mol. The lowest BCUT2D eigenvalue weighted by molar-refractivity contribution is 0.306. The van der Waals surface area contributed by atoms with Crippen LogP contribution in [0.15, 0.2) is 11.0 Å². The standard InChI is InChI=1S/C15H25ClN4O/c1-10(2)20-15(21)14(16)13(9-18-20)19(3)12-7-5-4-6-11(12)8-17/h9-12H,4-8,17H2,1-3H3. The van der Waals surface area contributed by atoms with Crippen molar-refractivity contribution in [3.63, 3.8) is 0 Å². The molecule has 0 aromatic carbocycles. The summed E-state index contributed by atoms with van der Waals surface area (Å²) >= 11 is 6.30. The Balaban J connectivity index is 2.33. The Morgan fingerprint density at radius 1 is 1.48 bits per heavy atom. The molecule has 1 aromatic rings. The molecule has 6 heteroatoms. The lowest BCUT2D eigenvalue weighted by Gasteiger charge is -2.39. The van der Waals surface area contributed by atoms with E-state index in [1.807, 2.05) is 20.9 Å². The molecule has 2 N–H and O–H groups in total. The van der Waals surface area contributed by atoms with Gasteiger partial charge < -0.3 is 10.6 Å². The quantitative estimate of drug-likeness (QED) is 0.927. The molecule has 2 atom stereocenters. The summed E-state index contributed by atoms with van der Waals surface area (Å²) in [5.74, 6) is 0.451. The van der Waals surface area contributed by atoms with Crippen LogP contribution < -0.4 is 16.2 Å². The second kappa shape index (κ2) is 6.79. The second-order valence-corrected chi connectivity index (χ2v) is 6.52. The topological polar surface area (TPSA) is 64.2 Å². The van der Waals surface area contributed by atoms with Crippen LogP contribution >= 0.6 is 11.6 Å². The summed E-state index contributed by atoms with van der Waals surface area (Å²) in [5.41, 5.74) is 6.39. The van der Waals surface area contributed by atoms with E-state index < -0.39 is 0 Å². The van der Waals surface area contributed by atoms with Gasteiger partial charge in [0.1, 0.15) is 5.02 Å². The van der Waals surface area contributed by atoms with E-state index >= 15 is 0 Å². The monoisotopic (exact) mass is 312 g/mol. The maximum Gasteiger partial charge on any atom is 0.287 e. The molecule has 2 unspecified atom stereocenters. The van der Waals surface area contributed by atoms with Crippen molar-refractivity contribution in [1.82, 2.24) is 9.78 Å². The van der Waals surface area contributed by atoms with Crippen LogP contribution in [0, 0.1) is 5.92 Å². The van der Waals surface area contributed by atoms with Gasteiger partial charge in [-0.05, 0) is 39.2 Å². The Morgan fingerprint density at radius 2 is 2.14 bits per heavy atom. The lowest BCUT2D eigenvalue weighted by Crippen LogP contribution is -2.44. The summed E-state index contributed by atoms with van der Waals surface area (Å²) in [7, 11) is 1.99. The number of halogens is 1. The Morgan fingerprint density at radius 3 is 2.76 bits per heavy atom. The molecular formula is C15H25ClN4O. The fourth-order valence-corrected chi connectivity index (χ4v) is 3.47. The lowest BCUT2D eigenvalue weighted by atomic mass is 9.83. The number of hydrogen-bond acceptors (Lipinski definition) is 4. The molecule has 0 saturated heterocycles. The van der Waals surface area contributed by atoms with Gasteiger partial charge in [0.2, 0.25) is 0 Å². The minimum Gasteiger partial charge on any atom is -0.369 e. The molecule has 1 aliphatic rings. The zero-order valence-corrected chi connectivity index (χ0v) is 13.8. The molecule has 1 aliphatic carbocycles. The fraction of sp³-hybridized carbons (Fsp3) is 0.733. The van der Waals surface area contributed by atoms with E-state index in [0.29, 0.717) is 24.2 Å². The first-order chi connectivity index (χ1) is 9.97. The predicted octanol–water partition coefficient (Wildman–Crippen LogP) is 2.43. The van der Waals surface area contributed by atoms with Crippen LogP contribution in [0.25, 0.3) is 0 Å². The first-order valence-electron chi connectivity index (χ1n) is 7.67. The highest BCUT2D eigenvalue weighted by Crippen LogP contribution is 2.32. The summed E-state index contributed by atoms with van der Waals surface area (Å²) < 4.78 is 1.42. The van der Waals surface area contributed by atoms with Gasteiger partial charge in [-0.3, -0.25) is 4.79 Å². The Hall–Kier alpha value is -1.07. The van der Waals surface area contributed by atoms with Crippen molar-refractivity contribution in [1.29, 1.82) is 0 Å². The molecule has 21 heavy (non-hydrogen) atoms. The molecule has 1 saturated carbocycles. The van der Waals surface area contributed by atoms with Gasteiger partial charge in [0, 0.05) is 13.1 Å². The second-order valence-electron chi connectivity index (χ2n) is 6.15. The molecule has 0 bridgehead atoms. The van der Waals surface area contributed by atoms with Crippen LogP contribution in [0.4, 0.5) is 5.69 Å². The first kappa shape index (κ1) is 16.3. The maximum absolute atomic E-state index is 12.3. The van der Waals surface area contributed by atoms with Crippen LogP contribution in [-0.2, 0) is 0 Å². The average Bonchev–Trinajstić information content (AvgIpc) is 2.48. The third kappa shape index (κ3) is 3.24. The normalized spacial score (nSPS) is 22.6. The molecule has 0 spiro atoms. The zero-order chi connectivity index (χ0) is 15.6. The van der Waals surface area contributed by atoms with E-state index in [2.05, 4.69) is 10.00 Å². The fourth-order valence-electron chi connectivity index (χ4n) is 3.20. The number of nitrogens with two attached hydrogens (primary N) is 1. The van der Waals surface area contributed by atoms with Gasteiger partial charge in [0.15, 0.2) is 0 Å². The highest BCUT2D eigenvalue weighted by molar-refractivity contribution is 6.33. The number of hydrogen-bond donors (Lipinski definition) is 1. The largest absolute Gasteiger partial charge is 0.369 e. The summed E-state index contributed by atoms with van der Waals surface area (Å²) in [5, 5.41) is 4.50. The molecule has 118 valence electrons. The molecule has 2 rings (SSSR count). The predicted molar refractivity (Wildman–Crippen MR) is 87.1 cm³/mol. The summed E-state index contributed by atoms with van der Waals surface area (Å²) in [4.78, 5) is 14.4. The van der Waals surface area contributed by atoms with Crippen molar-refractivity contribution in [2.24, 2.45) is 11.7 Å². The van der Waals surface area contributed by atoms with Crippen molar-refractivity contribution in [3.8, 4) is 0 Å². The van der Waals surface area contributed by atoms with Crippen molar-refractivity contribution in [3.05, 3.63) is 21.6 Å². The number of anilines is 1. The molecule has 1 aromatic heterocycles. The molecule has 5 nitrogen and oxygen atoms in total. The number of nitrogens with zero attached hydrogens (tertiary/aromatic N) is 3. The zero-order valence-electron chi connectivity index (χ0n) is 13.1. The van der Waals surface area contributed by atoms with Crippen molar-refractivity contribution < 1.29 is 0 Å². The first-order valence-corrected chi connectivity index (χ1v) is 8.05. The Labute approximate surface area is 131 Å². The minimum atomic E-state index is -0.226. The van der Waals surface area contributed by atoms with Crippen LogP contribution in [0.1, 0.15) is 45.6 Å². The van der Waals surface area contributed by atoms with Gasteiger partial charge in [-0.1, -0.05) is 24.4 Å². The van der Waals surface area contributed by atoms with E-state index in [1.54, 1.807) is 6.20 Å². The molecular weight excluding hydrogens is 288 g/mol. The van der Waals surface area contributed by atoms with Gasteiger partial charge >= 0.3 is 0 Å². The smallest absolute Gasteiger partial charge is 0.287 e. The van der Waals surface area contributed by atoms with Gasteiger partial charge in [0.05, 0.1) is 17.9 Å². The minimum absolute atomic E-state index is 0.000766. The molecule has 0 radical (unpaired) electrons. The molecule has 1 fully saturated rings. The van der Waals surface area contributed by atoms with Crippen LogP contribution in [-0.4, -0.2) is 29.4 Å². The van der Waals surface area contributed by atoms with E-state index in [1.165, 1.54) is 17.5 Å². The van der Waals surface area contributed by atoms with Gasteiger partial charge in [-0.25, -0.2) is 4.68 Å². The third-order valence-corrected chi connectivity index (χ3v) is 4.82. The number of aromatic nitrogens is 2. The van der Waals surface area contributed by atoms with Gasteiger partial charge in [-0.15, -0.1) is 0 Å². The third-order valence-electron chi connectivity index (χ3n) is 4.46. The van der Waals surface area contributed by atoms with Gasteiger partial charge in [-0.2, -0.15) is 5.10 Å². The highest BCUT2D eigenvalue weighted by atomic mass is 35.5. The van der Waals surface area contributed by atoms with Crippen molar-refractivity contribution in [2.45, 2.75) is 51.6 Å². The van der Waals surface area contributed by atoms with Crippen molar-refractivity contribution >= 4 is 17.3 Å². The van der Waals surface area contributed by atoms with Crippen LogP contribution in [0.3, 0.4) is 0 Å². The summed E-state index contributed by atoms with van der Waals surface area (Å²) in [6.45, 7) is 4.50. The van der Waals surface area contributed by atoms with E-state index in [0.717, 1.165) is 12.8 Å². The molecule has 0 aliphatic heterocycles. The van der Waals surface area contributed by atoms with Gasteiger partial charge in [0.25, 0.3) is 5.56 Å². The summed E-state index contributed by atoms with van der Waals surface area (Å²) in [6.07, 6.45) is 6.35. The molecule has 0 amide bonds. The Kier molecular flexibility index (Phi) is 5.27. The van der Waals surface area contributed by atoms with E-state index in [4.69, 9.17) is 17.3 Å². The molecule has 1 heterocycles. The van der Waals surface area contributed by atoms with Crippen molar-refractivity contribution in [2.75, 3.05) is 18.5 Å². The Bertz CT molecular complexity index is 543. The van der Waals surface area contributed by atoms with Crippen LogP contribution in [0.5, 0.6) is 0 Å². The van der Waals surface area contributed by atoms with E-state index in [-0.39, 0.29) is 16.6 Å². The summed E-state index contributed by atoms with van der Waals surface area (Å²) in [6, 6.07) is 0.332. The number of rotatable bonds is 4. The van der Waals surface area contributed by atoms with Crippen LogP contribution in [0.2, 0.25) is 5.02 Å². The van der Waals surface area contributed by atoms with E-state index in [9.17, 15) is 4.79 Å². The highest BCUT2D eigenvalue weighted by Gasteiger charge is 2.29. The maximum atomic E-state index is 12.3.